The molecule has 1 nitrogen and oxygen atoms in total. The number of hydrogen-bond acceptors (Lipinski definition) is 1. The Kier molecular flexibility index (Phi) is 11.5. The van der Waals surface area contributed by atoms with E-state index in [0.29, 0.717) is 0 Å². The van der Waals surface area contributed by atoms with Gasteiger partial charge in [-0.3, -0.25) is 0 Å². The standard InChI is InChI=1S/C10H22ClN/c1-2-3-4-5-6-7-9-12-10-8-11/h12H,2-10H2,1H3. The molecule has 0 aromatic heterocycles. The van der Waals surface area contributed by atoms with Crippen molar-refractivity contribution in [2.75, 3.05) is 19.0 Å². The van der Waals surface area contributed by atoms with E-state index in [9.17, 15) is 0 Å². The molecule has 0 amide bonds. The molecule has 0 aromatic carbocycles. The second kappa shape index (κ2) is 11.2. The Hall–Kier alpha value is 0.250. The molecule has 1 N–H and O–H groups in total. The number of hydrogen-bond donors (Lipinski definition) is 1. The van der Waals surface area contributed by atoms with Crippen LogP contribution in [0.2, 0.25) is 0 Å². The minimum absolute atomic E-state index is 0.732. The van der Waals surface area contributed by atoms with Crippen molar-refractivity contribution in [3.63, 3.8) is 0 Å². The molecule has 0 saturated carbocycles. The molecule has 0 atom stereocenters. The number of halogens is 1. The first-order valence-electron chi connectivity index (χ1n) is 5.18. The molecular weight excluding hydrogens is 170 g/mol. The largest absolute Gasteiger partial charge is 0.316 e. The van der Waals surface area contributed by atoms with E-state index < -0.39 is 0 Å². The van der Waals surface area contributed by atoms with Gasteiger partial charge in [-0.05, 0) is 13.0 Å². The molecule has 0 aliphatic carbocycles. The lowest BCUT2D eigenvalue weighted by molar-refractivity contribution is 0.580. The van der Waals surface area contributed by atoms with Crippen molar-refractivity contribution >= 4 is 11.6 Å². The summed E-state index contributed by atoms with van der Waals surface area (Å²) in [5.74, 6) is 0.732. The Morgan fingerprint density at radius 1 is 0.917 bits per heavy atom. The molecule has 0 heterocycles. The van der Waals surface area contributed by atoms with Crippen molar-refractivity contribution in [1.29, 1.82) is 0 Å². The number of unbranched alkanes of at least 4 members (excludes halogenated alkanes) is 5. The fourth-order valence-electron chi connectivity index (χ4n) is 1.22. The first-order valence-corrected chi connectivity index (χ1v) is 5.72. The lowest BCUT2D eigenvalue weighted by Gasteiger charge is -2.01. The number of alkyl halides is 1. The molecule has 0 aromatic rings. The quantitative estimate of drug-likeness (QED) is 0.436. The van der Waals surface area contributed by atoms with Crippen LogP contribution in [0.1, 0.15) is 45.4 Å². The average molecular weight is 192 g/mol. The summed E-state index contributed by atoms with van der Waals surface area (Å²) in [6, 6.07) is 0. The van der Waals surface area contributed by atoms with E-state index in [4.69, 9.17) is 11.6 Å². The zero-order chi connectivity index (χ0) is 9.07. The highest BCUT2D eigenvalue weighted by atomic mass is 35.5. The van der Waals surface area contributed by atoms with Crippen LogP contribution in [0.25, 0.3) is 0 Å². The maximum absolute atomic E-state index is 5.52. The fraction of sp³-hybridized carbons (Fsp3) is 1.00. The molecule has 0 rings (SSSR count). The highest BCUT2D eigenvalue weighted by molar-refractivity contribution is 6.18. The highest BCUT2D eigenvalue weighted by Gasteiger charge is 1.89. The van der Waals surface area contributed by atoms with Crippen molar-refractivity contribution in [2.24, 2.45) is 0 Å². The van der Waals surface area contributed by atoms with Crippen molar-refractivity contribution in [1.82, 2.24) is 5.32 Å². The van der Waals surface area contributed by atoms with Gasteiger partial charge in [-0.1, -0.05) is 39.0 Å². The van der Waals surface area contributed by atoms with Crippen LogP contribution in [0.3, 0.4) is 0 Å². The Bertz CT molecular complexity index is 66.2. The lowest BCUT2D eigenvalue weighted by Crippen LogP contribution is -2.17. The van der Waals surface area contributed by atoms with Crippen LogP contribution in [-0.2, 0) is 0 Å². The van der Waals surface area contributed by atoms with Gasteiger partial charge >= 0.3 is 0 Å². The van der Waals surface area contributed by atoms with Gasteiger partial charge in [-0.2, -0.15) is 0 Å². The summed E-state index contributed by atoms with van der Waals surface area (Å²) < 4.78 is 0. The number of rotatable bonds is 9. The van der Waals surface area contributed by atoms with Gasteiger partial charge in [0, 0.05) is 12.4 Å². The molecule has 0 aliphatic heterocycles. The molecule has 2 heteroatoms. The second-order valence-electron chi connectivity index (χ2n) is 3.21. The van der Waals surface area contributed by atoms with Gasteiger partial charge in [0.25, 0.3) is 0 Å². The number of nitrogens with one attached hydrogen (secondary N) is 1. The highest BCUT2D eigenvalue weighted by Crippen LogP contribution is 2.03. The SMILES string of the molecule is CCCCCCCCNCCCl. The van der Waals surface area contributed by atoms with Crippen molar-refractivity contribution in [3.8, 4) is 0 Å². The second-order valence-corrected chi connectivity index (χ2v) is 3.58. The lowest BCUT2D eigenvalue weighted by atomic mass is 10.1. The van der Waals surface area contributed by atoms with Crippen molar-refractivity contribution in [2.45, 2.75) is 45.4 Å². The van der Waals surface area contributed by atoms with Crippen LogP contribution in [0, 0.1) is 0 Å². The predicted molar refractivity (Wildman–Crippen MR) is 57.0 cm³/mol. The molecule has 0 bridgehead atoms. The Morgan fingerprint density at radius 3 is 2.25 bits per heavy atom. The third kappa shape index (κ3) is 10.2. The van der Waals surface area contributed by atoms with E-state index in [1.165, 1.54) is 38.5 Å². The molecule has 0 unspecified atom stereocenters. The fourth-order valence-corrected chi connectivity index (χ4v) is 1.36. The minimum Gasteiger partial charge on any atom is -0.316 e. The average Bonchev–Trinajstić information content (AvgIpc) is 2.10. The van der Waals surface area contributed by atoms with Gasteiger partial charge in [-0.25, -0.2) is 0 Å². The van der Waals surface area contributed by atoms with Gasteiger partial charge in [-0.15, -0.1) is 11.6 Å². The molecule has 0 radical (unpaired) electrons. The van der Waals surface area contributed by atoms with Crippen molar-refractivity contribution < 1.29 is 0 Å². The van der Waals surface area contributed by atoms with Crippen LogP contribution < -0.4 is 5.32 Å². The van der Waals surface area contributed by atoms with Gasteiger partial charge < -0.3 is 5.32 Å². The Labute approximate surface area is 81.9 Å². The van der Waals surface area contributed by atoms with E-state index in [1.807, 2.05) is 0 Å². The molecule has 0 fully saturated rings. The Balaban J connectivity index is 2.73. The Morgan fingerprint density at radius 2 is 1.58 bits per heavy atom. The molecule has 12 heavy (non-hydrogen) atoms. The third-order valence-corrected chi connectivity index (χ3v) is 2.17. The van der Waals surface area contributed by atoms with E-state index in [-0.39, 0.29) is 0 Å². The summed E-state index contributed by atoms with van der Waals surface area (Å²) in [7, 11) is 0. The molecule has 74 valence electrons. The van der Waals surface area contributed by atoms with Crippen LogP contribution in [0.5, 0.6) is 0 Å². The predicted octanol–water partition coefficient (Wildman–Crippen LogP) is 3.18. The normalized spacial score (nSPS) is 10.5. The minimum atomic E-state index is 0.732. The van der Waals surface area contributed by atoms with Gasteiger partial charge in [0.2, 0.25) is 0 Å². The smallest absolute Gasteiger partial charge is 0.0348 e. The topological polar surface area (TPSA) is 12.0 Å². The summed E-state index contributed by atoms with van der Waals surface area (Å²) in [4.78, 5) is 0. The third-order valence-electron chi connectivity index (χ3n) is 1.98. The first kappa shape index (κ1) is 12.2. The molecule has 0 spiro atoms. The maximum atomic E-state index is 5.52. The monoisotopic (exact) mass is 191 g/mol. The summed E-state index contributed by atoms with van der Waals surface area (Å²) in [6.07, 6.45) is 8.22. The van der Waals surface area contributed by atoms with Gasteiger partial charge in [0.1, 0.15) is 0 Å². The van der Waals surface area contributed by atoms with E-state index in [1.54, 1.807) is 0 Å². The maximum Gasteiger partial charge on any atom is 0.0348 e. The first-order chi connectivity index (χ1) is 5.91. The zero-order valence-corrected chi connectivity index (χ0v) is 9.00. The van der Waals surface area contributed by atoms with E-state index in [0.717, 1.165) is 19.0 Å². The van der Waals surface area contributed by atoms with E-state index in [2.05, 4.69) is 12.2 Å². The van der Waals surface area contributed by atoms with Crippen LogP contribution in [0.4, 0.5) is 0 Å². The van der Waals surface area contributed by atoms with Gasteiger partial charge in [0.15, 0.2) is 0 Å². The van der Waals surface area contributed by atoms with Gasteiger partial charge in [0.05, 0.1) is 0 Å². The van der Waals surface area contributed by atoms with Crippen molar-refractivity contribution in [3.05, 3.63) is 0 Å². The zero-order valence-electron chi connectivity index (χ0n) is 8.24. The van der Waals surface area contributed by atoms with Crippen LogP contribution >= 0.6 is 11.6 Å². The summed E-state index contributed by atoms with van der Waals surface area (Å²) in [6.45, 7) is 4.34. The van der Waals surface area contributed by atoms with Crippen LogP contribution in [-0.4, -0.2) is 19.0 Å². The van der Waals surface area contributed by atoms with E-state index >= 15 is 0 Å². The summed E-state index contributed by atoms with van der Waals surface area (Å²) >= 11 is 5.52. The summed E-state index contributed by atoms with van der Waals surface area (Å²) in [5.41, 5.74) is 0. The molecule has 0 aliphatic rings. The molecular formula is C10H22ClN. The summed E-state index contributed by atoms with van der Waals surface area (Å²) in [5, 5.41) is 3.29. The molecule has 0 saturated heterocycles. The van der Waals surface area contributed by atoms with Crippen LogP contribution in [0.15, 0.2) is 0 Å².